The molecular formula is C30H38O. The fourth-order valence-electron chi connectivity index (χ4n) is 5.02. The van der Waals surface area contributed by atoms with E-state index in [2.05, 4.69) is 74.5 Å². The molecule has 0 N–H and O–H groups in total. The molecule has 2 aromatic rings. The van der Waals surface area contributed by atoms with E-state index >= 15 is 0 Å². The summed E-state index contributed by atoms with van der Waals surface area (Å²) in [6, 6.07) is 18.2. The van der Waals surface area contributed by atoms with Gasteiger partial charge in [0, 0.05) is 0 Å². The number of hydrogen-bond donors (Lipinski definition) is 0. The van der Waals surface area contributed by atoms with Crippen molar-refractivity contribution >= 4 is 0 Å². The second-order valence-corrected chi connectivity index (χ2v) is 9.60. The van der Waals surface area contributed by atoms with Gasteiger partial charge in [0.05, 0.1) is 13.2 Å². The molecule has 0 radical (unpaired) electrons. The van der Waals surface area contributed by atoms with Crippen LogP contribution in [0.1, 0.15) is 85.5 Å². The van der Waals surface area contributed by atoms with Crippen molar-refractivity contribution < 1.29 is 4.74 Å². The summed E-state index contributed by atoms with van der Waals surface area (Å²) in [7, 11) is 0. The molecule has 164 valence electrons. The highest BCUT2D eigenvalue weighted by Gasteiger charge is 2.17. The average Bonchev–Trinajstić information content (AvgIpc) is 2.81. The van der Waals surface area contributed by atoms with E-state index in [1.165, 1.54) is 60.8 Å². The van der Waals surface area contributed by atoms with Gasteiger partial charge < -0.3 is 4.74 Å². The van der Waals surface area contributed by atoms with Crippen LogP contribution in [0, 0.1) is 13.8 Å². The Balaban J connectivity index is 1.12. The number of ether oxygens (including phenoxy) is 1. The van der Waals surface area contributed by atoms with Gasteiger partial charge in [0.25, 0.3) is 0 Å². The van der Waals surface area contributed by atoms with Crippen LogP contribution in [0.2, 0.25) is 0 Å². The molecule has 0 spiro atoms. The molecule has 0 amide bonds. The van der Waals surface area contributed by atoms with E-state index in [-0.39, 0.29) is 0 Å². The van der Waals surface area contributed by atoms with Crippen LogP contribution in [-0.4, -0.2) is 13.2 Å². The Hall–Kier alpha value is -2.12. The molecule has 0 saturated heterocycles. The van der Waals surface area contributed by atoms with Crippen molar-refractivity contribution in [1.82, 2.24) is 0 Å². The van der Waals surface area contributed by atoms with Crippen LogP contribution in [0.5, 0.6) is 0 Å². The maximum atomic E-state index is 6.01. The Morgan fingerprint density at radius 2 is 1.06 bits per heavy atom. The summed E-state index contributed by atoms with van der Waals surface area (Å²) in [6.07, 6.45) is 14.6. The smallest absolute Gasteiger partial charge is 0.0503 e. The molecule has 0 saturated carbocycles. The first-order chi connectivity index (χ1) is 15.2. The maximum Gasteiger partial charge on any atom is 0.0503 e. The van der Waals surface area contributed by atoms with Crippen molar-refractivity contribution in [1.29, 1.82) is 0 Å². The van der Waals surface area contributed by atoms with Crippen LogP contribution in [0.3, 0.4) is 0 Å². The lowest BCUT2D eigenvalue weighted by Gasteiger charge is -2.23. The van der Waals surface area contributed by atoms with Gasteiger partial charge in [-0.25, -0.2) is 0 Å². The minimum absolute atomic E-state index is 0.701. The monoisotopic (exact) mass is 414 g/mol. The van der Waals surface area contributed by atoms with Crippen LogP contribution in [0.25, 0.3) is 0 Å². The first-order valence-corrected chi connectivity index (χ1v) is 12.2. The lowest BCUT2D eigenvalue weighted by Crippen LogP contribution is -2.08. The summed E-state index contributed by atoms with van der Waals surface area (Å²) < 4.78 is 6.01. The zero-order valence-electron chi connectivity index (χ0n) is 19.4. The Labute approximate surface area is 189 Å². The fraction of sp³-hybridized carbons (Fsp3) is 0.467. The molecule has 0 aliphatic heterocycles. The molecule has 0 heterocycles. The summed E-state index contributed by atoms with van der Waals surface area (Å²) in [6.45, 7) is 6.08. The number of aryl methyl sites for hydroxylation is 2. The van der Waals surface area contributed by atoms with Gasteiger partial charge >= 0.3 is 0 Å². The third-order valence-electron chi connectivity index (χ3n) is 7.24. The molecule has 4 rings (SSSR count). The van der Waals surface area contributed by atoms with E-state index in [1.54, 1.807) is 11.1 Å². The highest BCUT2D eigenvalue weighted by atomic mass is 16.5. The minimum atomic E-state index is 0.701. The third-order valence-corrected chi connectivity index (χ3v) is 7.24. The van der Waals surface area contributed by atoms with Gasteiger partial charge in [0.2, 0.25) is 0 Å². The molecule has 2 unspecified atom stereocenters. The standard InChI is InChI=1S/C30H38O/c1-23-3-11-27(12-4-23)29-15-7-25(8-16-29)19-21-31-22-20-26-9-17-30(18-10-26)28-13-5-24(2)6-14-28/h3-7,9,11-14,29-30H,8,10,15-22H2,1-2H3. The van der Waals surface area contributed by atoms with Crippen LogP contribution in [0.4, 0.5) is 0 Å². The number of rotatable bonds is 8. The number of allylic oxidation sites excluding steroid dienone is 2. The van der Waals surface area contributed by atoms with Gasteiger partial charge in [-0.3, -0.25) is 0 Å². The quantitative estimate of drug-likeness (QED) is 0.312. The van der Waals surface area contributed by atoms with E-state index in [9.17, 15) is 0 Å². The first-order valence-electron chi connectivity index (χ1n) is 12.2. The SMILES string of the molecule is Cc1ccc(C2CC=C(CCOCCC3=CCC(c4ccc(C)cc4)CC3)CC2)cc1. The van der Waals surface area contributed by atoms with Crippen LogP contribution in [0.15, 0.2) is 71.8 Å². The van der Waals surface area contributed by atoms with Crippen molar-refractivity contribution in [2.75, 3.05) is 13.2 Å². The molecule has 0 bridgehead atoms. The zero-order valence-corrected chi connectivity index (χ0v) is 19.4. The third kappa shape index (κ3) is 6.43. The van der Waals surface area contributed by atoms with Crippen LogP contribution >= 0.6 is 0 Å². The van der Waals surface area contributed by atoms with Crippen molar-refractivity contribution in [2.24, 2.45) is 0 Å². The summed E-state index contributed by atoms with van der Waals surface area (Å²) >= 11 is 0. The topological polar surface area (TPSA) is 9.23 Å². The predicted molar refractivity (Wildman–Crippen MR) is 132 cm³/mol. The van der Waals surface area contributed by atoms with Crippen molar-refractivity contribution in [3.8, 4) is 0 Å². The van der Waals surface area contributed by atoms with Gasteiger partial charge in [-0.05, 0) is 88.2 Å². The lowest BCUT2D eigenvalue weighted by molar-refractivity contribution is 0.138. The highest BCUT2D eigenvalue weighted by molar-refractivity contribution is 5.28. The Bertz CT molecular complexity index is 810. The summed E-state index contributed by atoms with van der Waals surface area (Å²) in [5.41, 5.74) is 8.90. The minimum Gasteiger partial charge on any atom is -0.381 e. The maximum absolute atomic E-state index is 6.01. The summed E-state index contributed by atoms with van der Waals surface area (Å²) in [5, 5.41) is 0. The molecule has 2 aromatic carbocycles. The van der Waals surface area contributed by atoms with Crippen molar-refractivity contribution in [3.05, 3.63) is 94.1 Å². The summed E-state index contributed by atoms with van der Waals surface area (Å²) in [5.74, 6) is 1.40. The van der Waals surface area contributed by atoms with E-state index in [0.717, 1.165) is 26.1 Å². The Morgan fingerprint density at radius 1 is 0.645 bits per heavy atom. The summed E-state index contributed by atoms with van der Waals surface area (Å²) in [4.78, 5) is 0. The molecule has 2 aliphatic rings. The van der Waals surface area contributed by atoms with Gasteiger partial charge in [-0.15, -0.1) is 0 Å². The van der Waals surface area contributed by atoms with Gasteiger partial charge in [-0.1, -0.05) is 83.0 Å². The first kappa shape index (κ1) is 22.1. The molecule has 1 nitrogen and oxygen atoms in total. The van der Waals surface area contributed by atoms with E-state index in [1.807, 2.05) is 0 Å². The zero-order chi connectivity index (χ0) is 21.5. The van der Waals surface area contributed by atoms with Gasteiger partial charge in [-0.2, -0.15) is 0 Å². The highest BCUT2D eigenvalue weighted by Crippen LogP contribution is 2.34. The molecule has 2 atom stereocenters. The molecule has 2 aliphatic carbocycles. The van der Waals surface area contributed by atoms with Crippen molar-refractivity contribution in [3.63, 3.8) is 0 Å². The predicted octanol–water partition coefficient (Wildman–Crippen LogP) is 8.19. The second-order valence-electron chi connectivity index (χ2n) is 9.60. The average molecular weight is 415 g/mol. The van der Waals surface area contributed by atoms with Gasteiger partial charge in [0.1, 0.15) is 0 Å². The normalized spacial score (nSPS) is 21.5. The van der Waals surface area contributed by atoms with Crippen LogP contribution < -0.4 is 0 Å². The lowest BCUT2D eigenvalue weighted by atomic mass is 9.83. The number of hydrogen-bond acceptors (Lipinski definition) is 1. The number of benzene rings is 2. The molecule has 31 heavy (non-hydrogen) atoms. The van der Waals surface area contributed by atoms with E-state index < -0.39 is 0 Å². The molecular weight excluding hydrogens is 376 g/mol. The van der Waals surface area contributed by atoms with Crippen LogP contribution in [-0.2, 0) is 4.74 Å². The van der Waals surface area contributed by atoms with E-state index in [0.29, 0.717) is 11.8 Å². The molecule has 0 fully saturated rings. The molecule has 1 heteroatoms. The Morgan fingerprint density at radius 3 is 1.42 bits per heavy atom. The Kier molecular flexibility index (Phi) is 7.81. The van der Waals surface area contributed by atoms with E-state index in [4.69, 9.17) is 4.74 Å². The second kappa shape index (κ2) is 11.0. The fourth-order valence-corrected chi connectivity index (χ4v) is 5.02. The van der Waals surface area contributed by atoms with Gasteiger partial charge in [0.15, 0.2) is 0 Å². The van der Waals surface area contributed by atoms with Crippen molar-refractivity contribution in [2.45, 2.75) is 77.0 Å². The molecule has 0 aromatic heterocycles. The largest absolute Gasteiger partial charge is 0.381 e.